The molecular weight excluding hydrogens is 140 g/mol. The maximum Gasteiger partial charge on any atom is 0.339 e. The topological polar surface area (TPSA) is 26.3 Å². The molecular formula is C9H10O2. The molecule has 11 heavy (non-hydrogen) atoms. The van der Waals surface area contributed by atoms with Gasteiger partial charge in [-0.1, -0.05) is 0 Å². The van der Waals surface area contributed by atoms with Gasteiger partial charge < -0.3 is 4.74 Å². The highest BCUT2D eigenvalue weighted by Gasteiger charge is 2.27. The van der Waals surface area contributed by atoms with Crippen LogP contribution in [-0.2, 0) is 9.53 Å². The van der Waals surface area contributed by atoms with E-state index < -0.39 is 0 Å². The summed E-state index contributed by atoms with van der Waals surface area (Å²) in [7, 11) is 0. The molecule has 2 nitrogen and oxygen atoms in total. The lowest BCUT2D eigenvalue weighted by molar-refractivity contribution is -0.133. The lowest BCUT2D eigenvalue weighted by Crippen LogP contribution is -1.95. The van der Waals surface area contributed by atoms with Crippen LogP contribution >= 0.6 is 0 Å². The van der Waals surface area contributed by atoms with Crippen LogP contribution in [0.2, 0.25) is 0 Å². The number of carbonyl (C=O) groups excluding carboxylic acids is 1. The van der Waals surface area contributed by atoms with Crippen molar-refractivity contribution >= 4 is 5.97 Å². The Hall–Kier alpha value is -1.05. The lowest BCUT2D eigenvalue weighted by atomic mass is 9.98. The van der Waals surface area contributed by atoms with Gasteiger partial charge in [0.15, 0.2) is 0 Å². The first-order valence-electron chi connectivity index (χ1n) is 3.91. The monoisotopic (exact) mass is 150 g/mol. The third-order valence-electron chi connectivity index (χ3n) is 2.22. The summed E-state index contributed by atoms with van der Waals surface area (Å²) in [5.74, 6) is 0.659. The van der Waals surface area contributed by atoms with Crippen molar-refractivity contribution in [2.75, 3.05) is 0 Å². The van der Waals surface area contributed by atoms with Gasteiger partial charge in [-0.2, -0.15) is 0 Å². The number of esters is 1. The molecule has 0 aromatic heterocycles. The molecule has 58 valence electrons. The van der Waals surface area contributed by atoms with Crippen LogP contribution in [-0.4, -0.2) is 5.97 Å². The average molecular weight is 150 g/mol. The second-order valence-corrected chi connectivity index (χ2v) is 2.95. The van der Waals surface area contributed by atoms with Crippen molar-refractivity contribution < 1.29 is 9.53 Å². The van der Waals surface area contributed by atoms with E-state index in [2.05, 4.69) is 0 Å². The van der Waals surface area contributed by atoms with E-state index >= 15 is 0 Å². The molecule has 0 spiro atoms. The molecule has 0 aromatic rings. The quantitative estimate of drug-likeness (QED) is 0.493. The molecule has 2 heteroatoms. The normalized spacial score (nSPS) is 23.0. The van der Waals surface area contributed by atoms with Crippen molar-refractivity contribution in [1.82, 2.24) is 0 Å². The number of fused-ring (bicyclic) bond motifs is 1. The zero-order chi connectivity index (χ0) is 7.84. The van der Waals surface area contributed by atoms with Crippen molar-refractivity contribution in [3.8, 4) is 0 Å². The van der Waals surface area contributed by atoms with Crippen LogP contribution in [0.15, 0.2) is 23.0 Å². The largest absolute Gasteiger partial charge is 0.423 e. The van der Waals surface area contributed by atoms with Gasteiger partial charge in [0.1, 0.15) is 5.76 Å². The molecule has 0 aromatic carbocycles. The number of hydrogen-bond donors (Lipinski definition) is 0. The SMILES string of the molecule is CC1=C2CCCC=C2OC1=O. The minimum Gasteiger partial charge on any atom is -0.423 e. The smallest absolute Gasteiger partial charge is 0.339 e. The van der Waals surface area contributed by atoms with Crippen LogP contribution in [0.3, 0.4) is 0 Å². The van der Waals surface area contributed by atoms with Crippen LogP contribution in [0.25, 0.3) is 0 Å². The van der Waals surface area contributed by atoms with Gasteiger partial charge in [-0.15, -0.1) is 0 Å². The Labute approximate surface area is 65.5 Å². The zero-order valence-electron chi connectivity index (χ0n) is 6.52. The van der Waals surface area contributed by atoms with Crippen molar-refractivity contribution in [3.63, 3.8) is 0 Å². The Morgan fingerprint density at radius 3 is 3.09 bits per heavy atom. The van der Waals surface area contributed by atoms with E-state index in [1.54, 1.807) is 0 Å². The van der Waals surface area contributed by atoms with Crippen LogP contribution in [0, 0.1) is 0 Å². The second kappa shape index (κ2) is 2.22. The molecule has 0 N–H and O–H groups in total. The summed E-state index contributed by atoms with van der Waals surface area (Å²) in [5.41, 5.74) is 1.93. The predicted octanol–water partition coefficient (Wildman–Crippen LogP) is 1.93. The van der Waals surface area contributed by atoms with Crippen molar-refractivity contribution in [3.05, 3.63) is 23.0 Å². The molecule has 0 amide bonds. The maximum absolute atomic E-state index is 11.0. The van der Waals surface area contributed by atoms with Crippen LogP contribution < -0.4 is 0 Å². The molecule has 1 aliphatic heterocycles. The highest BCUT2D eigenvalue weighted by molar-refractivity contribution is 5.93. The minimum absolute atomic E-state index is 0.159. The first-order valence-corrected chi connectivity index (χ1v) is 3.91. The van der Waals surface area contributed by atoms with E-state index in [4.69, 9.17) is 4.74 Å². The molecule has 0 saturated heterocycles. The summed E-state index contributed by atoms with van der Waals surface area (Å²) in [6.07, 6.45) is 5.20. The van der Waals surface area contributed by atoms with Gasteiger partial charge in [0, 0.05) is 11.1 Å². The molecule has 0 unspecified atom stereocenters. The Morgan fingerprint density at radius 2 is 2.36 bits per heavy atom. The number of allylic oxidation sites excluding steroid dienone is 2. The van der Waals surface area contributed by atoms with Gasteiger partial charge in [0.2, 0.25) is 0 Å². The Morgan fingerprint density at radius 1 is 1.55 bits per heavy atom. The molecule has 1 heterocycles. The molecule has 2 rings (SSSR count). The third-order valence-corrected chi connectivity index (χ3v) is 2.22. The van der Waals surface area contributed by atoms with E-state index in [1.165, 1.54) is 0 Å². The van der Waals surface area contributed by atoms with Gasteiger partial charge in [0.05, 0.1) is 0 Å². The summed E-state index contributed by atoms with van der Waals surface area (Å²) in [6, 6.07) is 0. The number of rotatable bonds is 0. The third kappa shape index (κ3) is 0.897. The summed E-state index contributed by atoms with van der Waals surface area (Å²) in [4.78, 5) is 11.0. The van der Waals surface area contributed by atoms with Gasteiger partial charge in [0.25, 0.3) is 0 Å². The van der Waals surface area contributed by atoms with Crippen LogP contribution in [0.5, 0.6) is 0 Å². The highest BCUT2D eigenvalue weighted by atomic mass is 16.5. The molecule has 1 aliphatic carbocycles. The summed E-state index contributed by atoms with van der Waals surface area (Å²) < 4.78 is 5.03. The molecule has 0 saturated carbocycles. The first kappa shape index (κ1) is 6.65. The van der Waals surface area contributed by atoms with E-state index in [-0.39, 0.29) is 5.97 Å². The minimum atomic E-state index is -0.159. The van der Waals surface area contributed by atoms with E-state index in [1.807, 2.05) is 13.0 Å². The fraction of sp³-hybridized carbons (Fsp3) is 0.444. The summed E-state index contributed by atoms with van der Waals surface area (Å²) in [5, 5.41) is 0. The van der Waals surface area contributed by atoms with Crippen LogP contribution in [0.1, 0.15) is 26.2 Å². The average Bonchev–Trinajstić information content (AvgIpc) is 2.30. The maximum atomic E-state index is 11.0. The molecule has 2 aliphatic rings. The second-order valence-electron chi connectivity index (χ2n) is 2.95. The summed E-state index contributed by atoms with van der Waals surface area (Å²) >= 11 is 0. The van der Waals surface area contributed by atoms with Gasteiger partial charge in [-0.3, -0.25) is 0 Å². The Bertz CT molecular complexity index is 271. The fourth-order valence-electron chi connectivity index (χ4n) is 1.53. The van der Waals surface area contributed by atoms with E-state index in [0.717, 1.165) is 36.2 Å². The first-order chi connectivity index (χ1) is 5.29. The summed E-state index contributed by atoms with van der Waals surface area (Å²) in [6.45, 7) is 1.84. The molecule has 0 radical (unpaired) electrons. The standard InChI is InChI=1S/C9H10O2/c1-6-7-4-2-3-5-8(7)11-9(6)10/h5H,2-4H2,1H3. The predicted molar refractivity (Wildman–Crippen MR) is 40.7 cm³/mol. The molecule has 0 fully saturated rings. The Balaban J connectivity index is 2.45. The Kier molecular flexibility index (Phi) is 1.34. The zero-order valence-corrected chi connectivity index (χ0v) is 6.52. The molecule has 0 atom stereocenters. The van der Waals surface area contributed by atoms with Crippen LogP contribution in [0.4, 0.5) is 0 Å². The van der Waals surface area contributed by atoms with Gasteiger partial charge >= 0.3 is 5.97 Å². The fourth-order valence-corrected chi connectivity index (χ4v) is 1.53. The number of carbonyl (C=O) groups is 1. The van der Waals surface area contributed by atoms with Gasteiger partial charge in [-0.25, -0.2) is 4.79 Å². The van der Waals surface area contributed by atoms with E-state index in [0.29, 0.717) is 0 Å². The highest BCUT2D eigenvalue weighted by Crippen LogP contribution is 2.33. The van der Waals surface area contributed by atoms with E-state index in [9.17, 15) is 4.79 Å². The van der Waals surface area contributed by atoms with Gasteiger partial charge in [-0.05, 0) is 32.3 Å². The van der Waals surface area contributed by atoms with Crippen molar-refractivity contribution in [1.29, 1.82) is 0 Å². The lowest BCUT2D eigenvalue weighted by Gasteiger charge is -2.08. The van der Waals surface area contributed by atoms with Crippen molar-refractivity contribution in [2.24, 2.45) is 0 Å². The van der Waals surface area contributed by atoms with Crippen molar-refractivity contribution in [2.45, 2.75) is 26.2 Å². The number of hydrogen-bond acceptors (Lipinski definition) is 2. The number of ether oxygens (including phenoxy) is 1. The molecule has 0 bridgehead atoms.